The Kier molecular flexibility index (Phi) is 1.81. The Balaban J connectivity index is 2.31. The van der Waals surface area contributed by atoms with Crippen LogP contribution in [0.15, 0.2) is 5.38 Å². The number of carboxylic acid groups (broad SMARTS) is 1. The summed E-state index contributed by atoms with van der Waals surface area (Å²) in [4.78, 5) is 11.0. The molecule has 1 saturated carbocycles. The molecule has 0 bridgehead atoms. The Morgan fingerprint density at radius 2 is 2.38 bits per heavy atom. The predicted molar refractivity (Wildman–Crippen MR) is 44.5 cm³/mol. The first-order valence-electron chi connectivity index (χ1n) is 3.84. The van der Waals surface area contributed by atoms with E-state index in [0.29, 0.717) is 5.69 Å². The molecule has 0 aliphatic heterocycles. The minimum atomic E-state index is -0.980. The maximum Gasteiger partial charge on any atom is 0.316 e. The van der Waals surface area contributed by atoms with Gasteiger partial charge in [0.2, 0.25) is 0 Å². The first-order chi connectivity index (χ1) is 6.15. The third kappa shape index (κ3) is 1.13. The zero-order chi connectivity index (χ0) is 9.47. The highest BCUT2D eigenvalue weighted by Gasteiger charge is 2.53. The van der Waals surface area contributed by atoms with E-state index in [2.05, 4.69) is 9.59 Å². The van der Waals surface area contributed by atoms with Crippen molar-refractivity contribution in [1.82, 2.24) is 9.59 Å². The Hall–Kier alpha value is -1.01. The summed E-state index contributed by atoms with van der Waals surface area (Å²) in [5, 5.41) is 23.5. The molecular formula is C7H8N2O3S. The molecule has 0 saturated heterocycles. The lowest BCUT2D eigenvalue weighted by atomic mass is 9.65. The van der Waals surface area contributed by atoms with E-state index in [1.54, 1.807) is 5.38 Å². The molecular weight excluding hydrogens is 192 g/mol. The highest BCUT2D eigenvalue weighted by atomic mass is 32.1. The molecule has 13 heavy (non-hydrogen) atoms. The Labute approximate surface area is 78.2 Å². The number of hydrogen-bond donors (Lipinski definition) is 2. The normalized spacial score (nSPS) is 32.5. The summed E-state index contributed by atoms with van der Waals surface area (Å²) in [6, 6.07) is 0. The third-order valence-corrected chi connectivity index (χ3v) is 2.93. The molecule has 1 aliphatic carbocycles. The van der Waals surface area contributed by atoms with Crippen LogP contribution in [0, 0.1) is 0 Å². The fraction of sp³-hybridized carbons (Fsp3) is 0.571. The zero-order valence-corrected chi connectivity index (χ0v) is 7.49. The lowest BCUT2D eigenvalue weighted by Gasteiger charge is -2.39. The molecule has 70 valence electrons. The highest BCUT2D eigenvalue weighted by Crippen LogP contribution is 2.43. The molecule has 0 unspecified atom stereocenters. The van der Waals surface area contributed by atoms with Gasteiger partial charge in [0.05, 0.1) is 11.8 Å². The largest absolute Gasteiger partial charge is 0.481 e. The van der Waals surface area contributed by atoms with Crippen molar-refractivity contribution < 1.29 is 15.0 Å². The van der Waals surface area contributed by atoms with Crippen molar-refractivity contribution in [2.24, 2.45) is 0 Å². The van der Waals surface area contributed by atoms with Crippen molar-refractivity contribution in [3.05, 3.63) is 11.1 Å². The van der Waals surface area contributed by atoms with Crippen LogP contribution in [0.2, 0.25) is 0 Å². The van der Waals surface area contributed by atoms with E-state index >= 15 is 0 Å². The lowest BCUT2D eigenvalue weighted by Crippen LogP contribution is -2.50. The van der Waals surface area contributed by atoms with Crippen LogP contribution in [0.1, 0.15) is 18.5 Å². The molecule has 1 aromatic heterocycles. The monoisotopic (exact) mass is 200 g/mol. The summed E-state index contributed by atoms with van der Waals surface area (Å²) in [6.07, 6.45) is -0.0283. The SMILES string of the molecule is O=C(O)C1(c2csnn2)CC(O)C1. The number of aliphatic hydroxyl groups excluding tert-OH is 1. The van der Waals surface area contributed by atoms with Gasteiger partial charge in [0.25, 0.3) is 0 Å². The number of hydrogen-bond acceptors (Lipinski definition) is 5. The van der Waals surface area contributed by atoms with Crippen molar-refractivity contribution in [3.8, 4) is 0 Å². The fourth-order valence-electron chi connectivity index (χ4n) is 1.61. The van der Waals surface area contributed by atoms with Crippen LogP contribution in [-0.4, -0.2) is 31.9 Å². The van der Waals surface area contributed by atoms with E-state index in [0.717, 1.165) is 11.5 Å². The van der Waals surface area contributed by atoms with Gasteiger partial charge in [-0.05, 0) is 24.4 Å². The molecule has 6 heteroatoms. The van der Waals surface area contributed by atoms with Crippen LogP contribution in [0.3, 0.4) is 0 Å². The fourth-order valence-corrected chi connectivity index (χ4v) is 2.17. The van der Waals surface area contributed by atoms with Gasteiger partial charge in [-0.3, -0.25) is 4.79 Å². The Morgan fingerprint density at radius 3 is 2.77 bits per heavy atom. The number of rotatable bonds is 2. The second-order valence-corrected chi connectivity index (χ2v) is 3.85. The zero-order valence-electron chi connectivity index (χ0n) is 6.67. The van der Waals surface area contributed by atoms with E-state index in [9.17, 15) is 4.79 Å². The van der Waals surface area contributed by atoms with E-state index in [1.807, 2.05) is 0 Å². The van der Waals surface area contributed by atoms with Crippen molar-refractivity contribution >= 4 is 17.5 Å². The topological polar surface area (TPSA) is 83.3 Å². The number of aliphatic carboxylic acids is 1. The summed E-state index contributed by atoms with van der Waals surface area (Å²) >= 11 is 1.13. The molecule has 0 spiro atoms. The lowest BCUT2D eigenvalue weighted by molar-refractivity contribution is -0.153. The van der Waals surface area contributed by atoms with Gasteiger partial charge in [-0.25, -0.2) is 0 Å². The molecule has 2 N–H and O–H groups in total. The molecule has 1 aliphatic rings. The molecule has 0 atom stereocenters. The van der Waals surface area contributed by atoms with Gasteiger partial charge in [-0.1, -0.05) is 4.49 Å². The first-order valence-corrected chi connectivity index (χ1v) is 4.68. The van der Waals surface area contributed by atoms with Crippen LogP contribution >= 0.6 is 11.5 Å². The molecule has 0 amide bonds. The van der Waals surface area contributed by atoms with Crippen molar-refractivity contribution in [3.63, 3.8) is 0 Å². The summed E-state index contributed by atoms with van der Waals surface area (Å²) in [5.41, 5.74) is -0.512. The maximum atomic E-state index is 11.0. The van der Waals surface area contributed by atoms with E-state index in [-0.39, 0.29) is 12.8 Å². The summed E-state index contributed by atoms with van der Waals surface area (Å²) in [5.74, 6) is -0.925. The summed E-state index contributed by atoms with van der Waals surface area (Å²) in [7, 11) is 0. The number of aromatic nitrogens is 2. The van der Waals surface area contributed by atoms with E-state index < -0.39 is 17.5 Å². The van der Waals surface area contributed by atoms with Crippen LogP contribution < -0.4 is 0 Å². The Bertz CT molecular complexity index is 318. The van der Waals surface area contributed by atoms with E-state index in [4.69, 9.17) is 10.2 Å². The highest BCUT2D eigenvalue weighted by molar-refractivity contribution is 7.03. The van der Waals surface area contributed by atoms with Crippen LogP contribution in [0.5, 0.6) is 0 Å². The minimum Gasteiger partial charge on any atom is -0.481 e. The summed E-state index contributed by atoms with van der Waals surface area (Å²) < 4.78 is 3.62. The smallest absolute Gasteiger partial charge is 0.316 e. The average Bonchev–Trinajstić information content (AvgIpc) is 2.49. The summed E-state index contributed by atoms with van der Waals surface area (Å²) in [6.45, 7) is 0. The first kappa shape index (κ1) is 8.58. The molecule has 1 fully saturated rings. The third-order valence-electron chi connectivity index (χ3n) is 2.43. The molecule has 1 heterocycles. The van der Waals surface area contributed by atoms with Gasteiger partial charge in [0, 0.05) is 5.38 Å². The molecule has 0 aromatic carbocycles. The van der Waals surface area contributed by atoms with Crippen molar-refractivity contribution in [1.29, 1.82) is 0 Å². The van der Waals surface area contributed by atoms with Gasteiger partial charge in [-0.15, -0.1) is 5.10 Å². The van der Waals surface area contributed by atoms with Crippen LogP contribution in [-0.2, 0) is 10.2 Å². The average molecular weight is 200 g/mol. The second-order valence-electron chi connectivity index (χ2n) is 3.24. The minimum absolute atomic E-state index is 0.244. The molecule has 2 rings (SSSR count). The van der Waals surface area contributed by atoms with Crippen molar-refractivity contribution in [2.75, 3.05) is 0 Å². The van der Waals surface area contributed by atoms with Crippen LogP contribution in [0.25, 0.3) is 0 Å². The molecule has 1 aromatic rings. The van der Waals surface area contributed by atoms with Gasteiger partial charge < -0.3 is 10.2 Å². The number of carboxylic acids is 1. The van der Waals surface area contributed by atoms with Gasteiger partial charge >= 0.3 is 5.97 Å². The molecule has 0 radical (unpaired) electrons. The van der Waals surface area contributed by atoms with E-state index in [1.165, 1.54) is 0 Å². The Morgan fingerprint density at radius 1 is 1.69 bits per heavy atom. The van der Waals surface area contributed by atoms with Gasteiger partial charge in [0.1, 0.15) is 5.41 Å². The van der Waals surface area contributed by atoms with Crippen LogP contribution in [0.4, 0.5) is 0 Å². The second kappa shape index (κ2) is 2.74. The quantitative estimate of drug-likeness (QED) is 0.703. The molecule has 5 nitrogen and oxygen atoms in total. The number of carbonyl (C=O) groups is 1. The predicted octanol–water partition coefficient (Wildman–Crippen LogP) is 0.0152. The van der Waals surface area contributed by atoms with Gasteiger partial charge in [-0.2, -0.15) is 0 Å². The number of aliphatic hydroxyl groups is 1. The maximum absolute atomic E-state index is 11.0. The number of nitrogens with zero attached hydrogens (tertiary/aromatic N) is 2. The standard InChI is InChI=1S/C7H8N2O3S/c10-4-1-7(2-4,6(11)12)5-3-13-9-8-5/h3-4,10H,1-2H2,(H,11,12). The van der Waals surface area contributed by atoms with Gasteiger partial charge in [0.15, 0.2) is 0 Å². The van der Waals surface area contributed by atoms with Crippen molar-refractivity contribution in [2.45, 2.75) is 24.4 Å².